The second-order valence-electron chi connectivity index (χ2n) is 5.79. The number of carbonyl (C=O) groups excluding carboxylic acids is 1. The van der Waals surface area contributed by atoms with Crippen molar-refractivity contribution in [1.82, 2.24) is 4.90 Å². The van der Waals surface area contributed by atoms with E-state index in [4.69, 9.17) is 0 Å². The first-order chi connectivity index (χ1) is 10.6. The molecule has 23 heavy (non-hydrogen) atoms. The molecule has 1 aromatic carbocycles. The van der Waals surface area contributed by atoms with Crippen LogP contribution in [0, 0.1) is 5.82 Å². The number of likely N-dealkylation sites (tertiary alicyclic amines) is 1. The monoisotopic (exact) mass is 337 g/mol. The summed E-state index contributed by atoms with van der Waals surface area (Å²) >= 11 is 0. The van der Waals surface area contributed by atoms with Gasteiger partial charge in [-0.3, -0.25) is 4.79 Å². The maximum Gasteiger partial charge on any atom is 0.416 e. The minimum absolute atomic E-state index is 0.0624. The molecule has 1 heterocycles. The second kappa shape index (κ2) is 6.43. The number of benzene rings is 1. The summed E-state index contributed by atoms with van der Waals surface area (Å²) in [5.74, 6) is -2.37. The Hall–Kier alpha value is -1.70. The van der Waals surface area contributed by atoms with Crippen molar-refractivity contribution in [2.75, 3.05) is 13.1 Å². The summed E-state index contributed by atoms with van der Waals surface area (Å²) in [7, 11) is 0. The lowest BCUT2D eigenvalue weighted by atomic mass is 9.89. The number of halogens is 5. The van der Waals surface area contributed by atoms with Gasteiger partial charge in [-0.1, -0.05) is 13.0 Å². The van der Waals surface area contributed by atoms with Crippen LogP contribution in [0.25, 0.3) is 0 Å². The van der Waals surface area contributed by atoms with Crippen LogP contribution in [0.2, 0.25) is 0 Å². The third-order valence-corrected chi connectivity index (χ3v) is 4.17. The number of nitrogens with zero attached hydrogens (tertiary/aromatic N) is 1. The number of hydrogen-bond donors (Lipinski definition) is 1. The molecule has 1 fully saturated rings. The normalized spacial score (nSPS) is 21.3. The van der Waals surface area contributed by atoms with Crippen LogP contribution >= 0.6 is 0 Å². The van der Waals surface area contributed by atoms with Crippen LogP contribution in [0.1, 0.15) is 30.4 Å². The van der Waals surface area contributed by atoms with E-state index in [0.29, 0.717) is 6.07 Å². The van der Waals surface area contributed by atoms with Crippen molar-refractivity contribution >= 4 is 5.91 Å². The first kappa shape index (κ1) is 17.7. The number of quaternary nitrogens is 1. The molecule has 0 unspecified atom stereocenters. The van der Waals surface area contributed by atoms with E-state index in [2.05, 4.69) is 5.73 Å². The molecule has 1 aliphatic heterocycles. The van der Waals surface area contributed by atoms with Crippen LogP contribution in [0.3, 0.4) is 0 Å². The van der Waals surface area contributed by atoms with Crippen LogP contribution in [0.15, 0.2) is 18.2 Å². The molecule has 1 aliphatic rings. The van der Waals surface area contributed by atoms with Crippen LogP contribution < -0.4 is 5.73 Å². The van der Waals surface area contributed by atoms with Crippen molar-refractivity contribution in [1.29, 1.82) is 0 Å². The fraction of sp³-hybridized carbons (Fsp3) is 0.533. The van der Waals surface area contributed by atoms with Crippen LogP contribution in [-0.4, -0.2) is 36.1 Å². The summed E-state index contributed by atoms with van der Waals surface area (Å²) in [5.41, 5.74) is 2.35. The van der Waals surface area contributed by atoms with Crippen molar-refractivity contribution in [3.63, 3.8) is 0 Å². The van der Waals surface area contributed by atoms with Gasteiger partial charge in [0.25, 0.3) is 5.91 Å². The summed E-state index contributed by atoms with van der Waals surface area (Å²) < 4.78 is 65.6. The third-order valence-electron chi connectivity index (χ3n) is 4.17. The fourth-order valence-electron chi connectivity index (χ4n) is 2.75. The molecule has 2 rings (SSSR count). The lowest BCUT2D eigenvalue weighted by molar-refractivity contribution is -0.410. The molecule has 3 atom stereocenters. The standard InChI is InChI=1S/C15H17F5N2O/c1-8(13(21)14(23)22-5-4-10(17)7-22)11-3-2-9(16)6-12(11)15(18,19)20/h2-3,6,8,10,13H,4-5,7,21H2,1H3/p+1/t8-,10-,13-/m0/s1. The van der Waals surface area contributed by atoms with E-state index >= 15 is 0 Å². The Balaban J connectivity index is 2.26. The average Bonchev–Trinajstić information content (AvgIpc) is 2.90. The Morgan fingerprint density at radius 3 is 2.57 bits per heavy atom. The number of amides is 1. The topological polar surface area (TPSA) is 48.0 Å². The molecule has 1 saturated heterocycles. The van der Waals surface area contributed by atoms with E-state index in [1.165, 1.54) is 11.8 Å². The quantitative estimate of drug-likeness (QED) is 0.844. The van der Waals surface area contributed by atoms with Gasteiger partial charge < -0.3 is 10.6 Å². The lowest BCUT2D eigenvalue weighted by Crippen LogP contribution is -2.69. The van der Waals surface area contributed by atoms with Gasteiger partial charge in [0.15, 0.2) is 6.04 Å². The summed E-state index contributed by atoms with van der Waals surface area (Å²) in [5, 5.41) is 0. The molecule has 3 N–H and O–H groups in total. The molecule has 0 spiro atoms. The van der Waals surface area contributed by atoms with Gasteiger partial charge >= 0.3 is 6.18 Å². The van der Waals surface area contributed by atoms with E-state index in [0.717, 1.165) is 12.1 Å². The molecule has 3 nitrogen and oxygen atoms in total. The molecular weight excluding hydrogens is 319 g/mol. The van der Waals surface area contributed by atoms with E-state index in [9.17, 15) is 26.7 Å². The van der Waals surface area contributed by atoms with Gasteiger partial charge in [0.05, 0.1) is 12.1 Å². The van der Waals surface area contributed by atoms with Crippen molar-refractivity contribution in [3.05, 3.63) is 35.1 Å². The predicted molar refractivity (Wildman–Crippen MR) is 72.6 cm³/mol. The van der Waals surface area contributed by atoms with Gasteiger partial charge in [-0.05, 0) is 24.1 Å². The Kier molecular flexibility index (Phi) is 4.93. The van der Waals surface area contributed by atoms with Crippen LogP contribution in [-0.2, 0) is 11.0 Å². The minimum atomic E-state index is -4.73. The highest BCUT2D eigenvalue weighted by molar-refractivity contribution is 5.81. The molecule has 8 heteroatoms. The lowest BCUT2D eigenvalue weighted by Gasteiger charge is -2.24. The zero-order chi connectivity index (χ0) is 17.4. The van der Waals surface area contributed by atoms with Gasteiger partial charge in [0.1, 0.15) is 12.0 Å². The zero-order valence-electron chi connectivity index (χ0n) is 12.5. The highest BCUT2D eigenvalue weighted by atomic mass is 19.4. The first-order valence-corrected chi connectivity index (χ1v) is 7.24. The Bertz CT molecular complexity index is 590. The molecule has 1 aromatic rings. The molecule has 1 amide bonds. The van der Waals surface area contributed by atoms with E-state index < -0.39 is 41.6 Å². The molecular formula is C15H18F5N2O+. The van der Waals surface area contributed by atoms with Gasteiger partial charge in [-0.25, -0.2) is 8.78 Å². The molecule has 0 aliphatic carbocycles. The van der Waals surface area contributed by atoms with E-state index in [-0.39, 0.29) is 25.1 Å². The smallest absolute Gasteiger partial charge is 0.347 e. The predicted octanol–water partition coefficient (Wildman–Crippen LogP) is 2.13. The maximum atomic E-state index is 13.2. The van der Waals surface area contributed by atoms with Gasteiger partial charge in [-0.15, -0.1) is 0 Å². The molecule has 0 bridgehead atoms. The third kappa shape index (κ3) is 3.80. The number of hydrogen-bond acceptors (Lipinski definition) is 1. The van der Waals surface area contributed by atoms with Crippen molar-refractivity contribution in [2.45, 2.75) is 37.7 Å². The molecule has 0 saturated carbocycles. The van der Waals surface area contributed by atoms with Gasteiger partial charge in [0, 0.05) is 12.5 Å². The molecule has 0 aromatic heterocycles. The maximum absolute atomic E-state index is 13.2. The second-order valence-corrected chi connectivity index (χ2v) is 5.79. The Morgan fingerprint density at radius 1 is 1.39 bits per heavy atom. The average molecular weight is 337 g/mol. The van der Waals surface area contributed by atoms with E-state index in [1.807, 2.05) is 0 Å². The fourth-order valence-corrected chi connectivity index (χ4v) is 2.75. The van der Waals surface area contributed by atoms with Crippen molar-refractivity contribution in [2.24, 2.45) is 0 Å². The molecule has 128 valence electrons. The first-order valence-electron chi connectivity index (χ1n) is 7.24. The van der Waals surface area contributed by atoms with E-state index in [1.54, 1.807) is 0 Å². The largest absolute Gasteiger partial charge is 0.416 e. The highest BCUT2D eigenvalue weighted by Crippen LogP contribution is 2.36. The summed E-state index contributed by atoms with van der Waals surface area (Å²) in [6, 6.07) is 1.35. The summed E-state index contributed by atoms with van der Waals surface area (Å²) in [4.78, 5) is 13.5. The summed E-state index contributed by atoms with van der Waals surface area (Å²) in [6.07, 6.45) is -5.62. The number of alkyl halides is 4. The van der Waals surface area contributed by atoms with Gasteiger partial charge in [-0.2, -0.15) is 13.2 Å². The Morgan fingerprint density at radius 2 is 2.04 bits per heavy atom. The van der Waals surface area contributed by atoms with Crippen molar-refractivity contribution in [3.8, 4) is 0 Å². The van der Waals surface area contributed by atoms with Gasteiger partial charge in [0.2, 0.25) is 0 Å². The molecule has 0 radical (unpaired) electrons. The summed E-state index contributed by atoms with van der Waals surface area (Å²) in [6.45, 7) is 1.60. The van der Waals surface area contributed by atoms with Crippen LogP contribution in [0.4, 0.5) is 22.0 Å². The number of rotatable bonds is 3. The SMILES string of the molecule is C[C@@H](c1ccc(F)cc1C(F)(F)F)[C@H]([NH3+])C(=O)N1CC[C@H](F)C1. The minimum Gasteiger partial charge on any atom is -0.347 e. The van der Waals surface area contributed by atoms with Crippen LogP contribution in [0.5, 0.6) is 0 Å². The number of carbonyl (C=O) groups is 1. The highest BCUT2D eigenvalue weighted by Gasteiger charge is 2.40. The zero-order valence-corrected chi connectivity index (χ0v) is 12.5. The van der Waals surface area contributed by atoms with Crippen molar-refractivity contribution < 1.29 is 32.5 Å². The Labute approximate surface area is 130 Å².